The summed E-state index contributed by atoms with van der Waals surface area (Å²) in [5.41, 5.74) is 15.7. The number of benzene rings is 11. The number of aromatic nitrogens is 1. The van der Waals surface area contributed by atoms with Crippen LogP contribution in [0.1, 0.15) is 0 Å². The van der Waals surface area contributed by atoms with Gasteiger partial charge in [-0.3, -0.25) is 0 Å². The summed E-state index contributed by atoms with van der Waals surface area (Å²) >= 11 is 0. The molecule has 11 aromatic carbocycles. The zero-order valence-electron chi connectivity index (χ0n) is 32.3. The lowest BCUT2D eigenvalue weighted by molar-refractivity contribution is 1.19. The van der Waals surface area contributed by atoms with Gasteiger partial charge in [0, 0.05) is 27.2 Å². The Kier molecular flexibility index (Phi) is 7.61. The first-order valence-electron chi connectivity index (χ1n) is 20.4. The van der Waals surface area contributed by atoms with Crippen molar-refractivity contribution < 1.29 is 0 Å². The smallest absolute Gasteiger partial charge is 0.0626 e. The number of fused-ring (bicyclic) bond motifs is 5. The lowest BCUT2D eigenvalue weighted by atomic mass is 9.85. The van der Waals surface area contributed by atoms with Gasteiger partial charge in [-0.2, -0.15) is 0 Å². The van der Waals surface area contributed by atoms with E-state index in [1.165, 1.54) is 110 Å². The maximum Gasteiger partial charge on any atom is 0.0626 e. The van der Waals surface area contributed by atoms with Crippen LogP contribution in [0.4, 0.5) is 0 Å². The Balaban J connectivity index is 1.20. The Labute approximate surface area is 343 Å². The Morgan fingerprint density at radius 1 is 0.254 bits per heavy atom. The van der Waals surface area contributed by atoms with Crippen molar-refractivity contribution >= 4 is 54.1 Å². The Morgan fingerprint density at radius 2 is 0.695 bits per heavy atom. The summed E-state index contributed by atoms with van der Waals surface area (Å²) in [6, 6.07) is 82.6. The largest absolute Gasteiger partial charge is 0.309 e. The summed E-state index contributed by atoms with van der Waals surface area (Å²) in [5.74, 6) is 0. The van der Waals surface area contributed by atoms with E-state index in [4.69, 9.17) is 0 Å². The van der Waals surface area contributed by atoms with Crippen molar-refractivity contribution in [3.63, 3.8) is 0 Å². The molecule has 0 aliphatic heterocycles. The third-order valence-corrected chi connectivity index (χ3v) is 12.2. The van der Waals surface area contributed by atoms with E-state index in [1.807, 2.05) is 0 Å². The molecular formula is C58H37N. The molecule has 0 aliphatic rings. The van der Waals surface area contributed by atoms with Gasteiger partial charge in [-0.25, -0.2) is 0 Å². The molecule has 0 amide bonds. The monoisotopic (exact) mass is 747 g/mol. The quantitative estimate of drug-likeness (QED) is 0.149. The number of rotatable bonds is 6. The molecule has 0 spiro atoms. The highest BCUT2D eigenvalue weighted by molar-refractivity contribution is 6.39. The summed E-state index contributed by atoms with van der Waals surface area (Å²) in [7, 11) is 0. The molecule has 1 heteroatoms. The van der Waals surface area contributed by atoms with Gasteiger partial charge in [-0.1, -0.05) is 176 Å². The fourth-order valence-corrected chi connectivity index (χ4v) is 9.64. The topological polar surface area (TPSA) is 4.93 Å². The van der Waals surface area contributed by atoms with Crippen LogP contribution in [0.5, 0.6) is 0 Å². The van der Waals surface area contributed by atoms with E-state index in [-0.39, 0.29) is 0 Å². The second-order valence-electron chi connectivity index (χ2n) is 15.7. The molecule has 0 bridgehead atoms. The van der Waals surface area contributed by atoms with Crippen molar-refractivity contribution in [1.29, 1.82) is 0 Å². The Bertz CT molecular complexity index is 3390. The molecule has 1 aromatic heterocycles. The van der Waals surface area contributed by atoms with Crippen LogP contribution in [0.15, 0.2) is 224 Å². The Hall–Kier alpha value is -7.74. The lowest BCUT2D eigenvalue weighted by Crippen LogP contribution is -1.97. The average Bonchev–Trinajstić information content (AvgIpc) is 3.67. The third-order valence-electron chi connectivity index (χ3n) is 12.2. The third kappa shape index (κ3) is 5.40. The molecule has 274 valence electrons. The van der Waals surface area contributed by atoms with Crippen molar-refractivity contribution in [3.8, 4) is 61.3 Å². The SMILES string of the molecule is c1ccc(-c2cc(-c3ccccc3)cc(-c3cc4cccc5c4c4c3cccc4c3c5c4ccccc4n3-c3cc(-c4ccccc4)cc(-c4ccccc4)c3)c2)cc1. The van der Waals surface area contributed by atoms with E-state index in [9.17, 15) is 0 Å². The number of nitrogens with zero attached hydrogens (tertiary/aromatic N) is 1. The van der Waals surface area contributed by atoms with Gasteiger partial charge in [0.15, 0.2) is 0 Å². The second kappa shape index (κ2) is 13.4. The standard InChI is InChI=1S/C58H37N/c1-5-17-38(18-6-1)43-31-44(39-19-7-2-8-20-39)34-47(33-43)53-37-42-25-15-28-51-55(42)56-49(53)27-16-29-52(56)58-57(51)50-26-13-14-30-54(50)59(58)48-35-45(40-21-9-3-10-22-40)32-46(36-48)41-23-11-4-12-24-41/h1-37H. The van der Waals surface area contributed by atoms with Crippen LogP contribution in [0, 0.1) is 0 Å². The first kappa shape index (κ1) is 33.4. The van der Waals surface area contributed by atoms with Gasteiger partial charge in [-0.15, -0.1) is 0 Å². The normalized spacial score (nSPS) is 11.7. The van der Waals surface area contributed by atoms with Crippen molar-refractivity contribution in [1.82, 2.24) is 4.57 Å². The fourth-order valence-electron chi connectivity index (χ4n) is 9.64. The number of hydrogen-bond acceptors (Lipinski definition) is 0. The van der Waals surface area contributed by atoms with Crippen molar-refractivity contribution in [2.24, 2.45) is 0 Å². The van der Waals surface area contributed by atoms with E-state index in [0.717, 1.165) is 5.69 Å². The molecule has 1 heterocycles. The van der Waals surface area contributed by atoms with E-state index >= 15 is 0 Å². The minimum absolute atomic E-state index is 1.15. The minimum atomic E-state index is 1.15. The highest BCUT2D eigenvalue weighted by atomic mass is 15.0. The minimum Gasteiger partial charge on any atom is -0.309 e. The van der Waals surface area contributed by atoms with Crippen LogP contribution >= 0.6 is 0 Å². The van der Waals surface area contributed by atoms with E-state index in [0.29, 0.717) is 0 Å². The zero-order chi connectivity index (χ0) is 38.9. The number of para-hydroxylation sites is 1. The fraction of sp³-hybridized carbons (Fsp3) is 0. The predicted molar refractivity (Wildman–Crippen MR) is 252 cm³/mol. The first-order valence-corrected chi connectivity index (χ1v) is 20.4. The van der Waals surface area contributed by atoms with E-state index in [2.05, 4.69) is 229 Å². The molecule has 0 radical (unpaired) electrons. The molecule has 0 unspecified atom stereocenters. The molecule has 0 fully saturated rings. The van der Waals surface area contributed by atoms with Crippen LogP contribution in [0.3, 0.4) is 0 Å². The summed E-state index contributed by atoms with van der Waals surface area (Å²) in [6.45, 7) is 0. The van der Waals surface area contributed by atoms with Gasteiger partial charge in [0.05, 0.1) is 11.0 Å². The van der Waals surface area contributed by atoms with Crippen molar-refractivity contribution in [2.45, 2.75) is 0 Å². The summed E-state index contributed by atoms with van der Waals surface area (Å²) in [6.07, 6.45) is 0. The van der Waals surface area contributed by atoms with Gasteiger partial charge in [-0.05, 0) is 126 Å². The summed E-state index contributed by atoms with van der Waals surface area (Å²) in [5, 5.41) is 10.2. The van der Waals surface area contributed by atoms with Gasteiger partial charge < -0.3 is 4.57 Å². The van der Waals surface area contributed by atoms with E-state index in [1.54, 1.807) is 0 Å². The lowest BCUT2D eigenvalue weighted by Gasteiger charge is -2.19. The molecule has 0 aliphatic carbocycles. The summed E-state index contributed by atoms with van der Waals surface area (Å²) < 4.78 is 2.54. The highest BCUT2D eigenvalue weighted by Crippen LogP contribution is 2.49. The highest BCUT2D eigenvalue weighted by Gasteiger charge is 2.23. The van der Waals surface area contributed by atoms with Gasteiger partial charge in [0.25, 0.3) is 0 Å². The number of hydrogen-bond donors (Lipinski definition) is 0. The van der Waals surface area contributed by atoms with Crippen LogP contribution in [0.2, 0.25) is 0 Å². The van der Waals surface area contributed by atoms with Crippen molar-refractivity contribution in [2.75, 3.05) is 0 Å². The maximum atomic E-state index is 2.54. The van der Waals surface area contributed by atoms with Crippen LogP contribution in [-0.2, 0) is 0 Å². The second-order valence-corrected chi connectivity index (χ2v) is 15.7. The van der Waals surface area contributed by atoms with Gasteiger partial charge >= 0.3 is 0 Å². The molecule has 0 N–H and O–H groups in total. The zero-order valence-corrected chi connectivity index (χ0v) is 32.3. The summed E-state index contributed by atoms with van der Waals surface area (Å²) in [4.78, 5) is 0. The van der Waals surface area contributed by atoms with E-state index < -0.39 is 0 Å². The molecule has 0 atom stereocenters. The van der Waals surface area contributed by atoms with Gasteiger partial charge in [0.1, 0.15) is 0 Å². The molecular weight excluding hydrogens is 711 g/mol. The first-order chi connectivity index (χ1) is 29.3. The molecule has 59 heavy (non-hydrogen) atoms. The van der Waals surface area contributed by atoms with Crippen LogP contribution in [0.25, 0.3) is 115 Å². The van der Waals surface area contributed by atoms with Gasteiger partial charge in [0.2, 0.25) is 0 Å². The Morgan fingerprint density at radius 3 is 1.27 bits per heavy atom. The molecule has 1 nitrogen and oxygen atoms in total. The molecule has 12 rings (SSSR count). The molecule has 12 aromatic rings. The molecule has 0 saturated carbocycles. The predicted octanol–water partition coefficient (Wildman–Crippen LogP) is 16.0. The maximum absolute atomic E-state index is 2.54. The van der Waals surface area contributed by atoms with Crippen LogP contribution in [-0.4, -0.2) is 4.57 Å². The molecule has 0 saturated heterocycles. The average molecular weight is 748 g/mol. The van der Waals surface area contributed by atoms with Crippen molar-refractivity contribution in [3.05, 3.63) is 224 Å². The van der Waals surface area contributed by atoms with Crippen LogP contribution < -0.4 is 0 Å².